The normalized spacial score (nSPS) is 11.7. The minimum absolute atomic E-state index is 0.172. The van der Waals surface area contributed by atoms with Crippen LogP contribution in [0.5, 0.6) is 0 Å². The molecule has 0 aliphatic rings. The van der Waals surface area contributed by atoms with Gasteiger partial charge in [0.1, 0.15) is 0 Å². The Labute approximate surface area is 90.6 Å². The lowest BCUT2D eigenvalue weighted by Crippen LogP contribution is -2.41. The minimum atomic E-state index is -1.20. The van der Waals surface area contributed by atoms with E-state index in [1.54, 1.807) is 21.1 Å². The highest BCUT2D eigenvalue weighted by molar-refractivity contribution is 5.82. The van der Waals surface area contributed by atoms with Crippen LogP contribution in [0.3, 0.4) is 0 Å². The number of rotatable bonds is 9. The first-order valence-corrected chi connectivity index (χ1v) is 4.83. The van der Waals surface area contributed by atoms with Gasteiger partial charge in [0, 0.05) is 21.1 Å². The Morgan fingerprint density at radius 1 is 1.00 bits per heavy atom. The predicted octanol–water partition coefficient (Wildman–Crippen LogP) is 0.618. The summed E-state index contributed by atoms with van der Waals surface area (Å²) in [7, 11) is 3.14. The third kappa shape index (κ3) is 5.84. The molecule has 0 aromatic carbocycles. The van der Waals surface area contributed by atoms with E-state index in [9.17, 15) is 4.79 Å². The molecule has 0 unspecified atom stereocenters. The van der Waals surface area contributed by atoms with Crippen LogP contribution in [0, 0.1) is 0 Å². The number of hydrogen-bond donors (Lipinski definition) is 0. The molecular weight excluding hydrogens is 200 g/mol. The molecule has 15 heavy (non-hydrogen) atoms. The topological polar surface area (TPSA) is 54.0 Å². The summed E-state index contributed by atoms with van der Waals surface area (Å²) in [5, 5.41) is 0. The molecule has 0 aliphatic heterocycles. The largest absolute Gasteiger partial charge is 0.382 e. The van der Waals surface area contributed by atoms with Crippen molar-refractivity contribution >= 4 is 5.78 Å². The summed E-state index contributed by atoms with van der Waals surface area (Å²) in [5.41, 5.74) is 0. The number of carbonyl (C=O) groups excluding carboxylic acids is 1. The first kappa shape index (κ1) is 14.5. The second-order valence-electron chi connectivity index (χ2n) is 3.18. The summed E-state index contributed by atoms with van der Waals surface area (Å²) in [6.45, 7) is 4.52. The van der Waals surface area contributed by atoms with Crippen molar-refractivity contribution in [3.63, 3.8) is 0 Å². The average molecular weight is 220 g/mol. The van der Waals surface area contributed by atoms with Crippen LogP contribution in [0.25, 0.3) is 0 Å². The van der Waals surface area contributed by atoms with Crippen LogP contribution < -0.4 is 0 Å². The molecule has 0 aromatic rings. The molecule has 0 amide bonds. The van der Waals surface area contributed by atoms with Gasteiger partial charge in [-0.15, -0.1) is 0 Å². The second kappa shape index (κ2) is 7.76. The maximum Gasteiger partial charge on any atom is 0.225 e. The molecular formula is C10H20O5. The van der Waals surface area contributed by atoms with Crippen LogP contribution in [-0.2, 0) is 23.7 Å². The standard InChI is InChI=1S/C10H20O5/c1-9(11)10(2,14-7-5-12-3)15-8-6-13-4/h5-8H2,1-4H3. The Balaban J connectivity index is 4.01. The lowest BCUT2D eigenvalue weighted by molar-refractivity contribution is -0.224. The minimum Gasteiger partial charge on any atom is -0.382 e. The summed E-state index contributed by atoms with van der Waals surface area (Å²) in [6, 6.07) is 0. The summed E-state index contributed by atoms with van der Waals surface area (Å²) in [5.74, 6) is -1.37. The van der Waals surface area contributed by atoms with Gasteiger partial charge in [0.15, 0.2) is 5.78 Å². The summed E-state index contributed by atoms with van der Waals surface area (Å²) >= 11 is 0. The first-order chi connectivity index (χ1) is 7.06. The van der Waals surface area contributed by atoms with Gasteiger partial charge in [0.25, 0.3) is 0 Å². The Bertz CT molecular complexity index is 171. The number of methoxy groups -OCH3 is 2. The van der Waals surface area contributed by atoms with Gasteiger partial charge >= 0.3 is 0 Å². The van der Waals surface area contributed by atoms with E-state index in [0.717, 1.165) is 0 Å². The predicted molar refractivity (Wildman–Crippen MR) is 54.7 cm³/mol. The molecule has 0 radical (unpaired) electrons. The number of ketones is 1. The zero-order valence-corrected chi connectivity index (χ0v) is 9.87. The van der Waals surface area contributed by atoms with Gasteiger partial charge in [-0.05, 0) is 6.92 Å². The van der Waals surface area contributed by atoms with E-state index in [1.165, 1.54) is 6.92 Å². The fraction of sp³-hybridized carbons (Fsp3) is 0.900. The monoisotopic (exact) mass is 220 g/mol. The van der Waals surface area contributed by atoms with Crippen molar-refractivity contribution in [1.29, 1.82) is 0 Å². The van der Waals surface area contributed by atoms with E-state index in [1.807, 2.05) is 0 Å². The fourth-order valence-electron chi connectivity index (χ4n) is 0.884. The van der Waals surface area contributed by atoms with Gasteiger partial charge in [0.05, 0.1) is 26.4 Å². The van der Waals surface area contributed by atoms with Gasteiger partial charge in [-0.25, -0.2) is 0 Å². The highest BCUT2D eigenvalue weighted by atomic mass is 16.7. The van der Waals surface area contributed by atoms with E-state index < -0.39 is 5.79 Å². The molecule has 90 valence electrons. The van der Waals surface area contributed by atoms with Crippen molar-refractivity contribution < 1.29 is 23.7 Å². The quantitative estimate of drug-likeness (QED) is 0.421. The molecule has 0 saturated heterocycles. The number of ether oxygens (including phenoxy) is 4. The molecule has 0 rings (SSSR count). The van der Waals surface area contributed by atoms with Crippen LogP contribution in [-0.4, -0.2) is 52.2 Å². The molecule has 0 heterocycles. The van der Waals surface area contributed by atoms with Gasteiger partial charge in [-0.2, -0.15) is 0 Å². The highest BCUT2D eigenvalue weighted by Gasteiger charge is 2.31. The number of Topliss-reactive ketones (excluding diaryl/α,β-unsaturated/α-hetero) is 1. The Hall–Kier alpha value is -0.490. The fourth-order valence-corrected chi connectivity index (χ4v) is 0.884. The summed E-state index contributed by atoms with van der Waals surface area (Å²) < 4.78 is 20.3. The highest BCUT2D eigenvalue weighted by Crippen LogP contribution is 2.13. The molecule has 0 aromatic heterocycles. The third-order valence-corrected chi connectivity index (χ3v) is 1.97. The van der Waals surface area contributed by atoms with Crippen molar-refractivity contribution in [2.75, 3.05) is 40.6 Å². The molecule has 0 N–H and O–H groups in total. The van der Waals surface area contributed by atoms with Crippen LogP contribution in [0.2, 0.25) is 0 Å². The second-order valence-corrected chi connectivity index (χ2v) is 3.18. The third-order valence-electron chi connectivity index (χ3n) is 1.97. The van der Waals surface area contributed by atoms with Crippen LogP contribution in [0.15, 0.2) is 0 Å². The van der Waals surface area contributed by atoms with Crippen LogP contribution in [0.4, 0.5) is 0 Å². The van der Waals surface area contributed by atoms with Crippen molar-refractivity contribution in [3.8, 4) is 0 Å². The molecule has 5 heteroatoms. The van der Waals surface area contributed by atoms with Crippen molar-refractivity contribution in [2.24, 2.45) is 0 Å². The maximum atomic E-state index is 11.3. The van der Waals surface area contributed by atoms with Gasteiger partial charge < -0.3 is 18.9 Å². The lowest BCUT2D eigenvalue weighted by Gasteiger charge is -2.27. The smallest absolute Gasteiger partial charge is 0.225 e. The van der Waals surface area contributed by atoms with E-state index in [2.05, 4.69) is 0 Å². The summed E-state index contributed by atoms with van der Waals surface area (Å²) in [4.78, 5) is 11.3. The van der Waals surface area contributed by atoms with Crippen molar-refractivity contribution in [1.82, 2.24) is 0 Å². The molecule has 0 bridgehead atoms. The summed E-state index contributed by atoms with van der Waals surface area (Å²) in [6.07, 6.45) is 0. The van der Waals surface area contributed by atoms with E-state index >= 15 is 0 Å². The van der Waals surface area contributed by atoms with E-state index in [4.69, 9.17) is 18.9 Å². The molecule has 0 spiro atoms. The lowest BCUT2D eigenvalue weighted by atomic mass is 10.2. The molecule has 0 atom stereocenters. The zero-order chi connectivity index (χ0) is 11.7. The first-order valence-electron chi connectivity index (χ1n) is 4.83. The Morgan fingerprint density at radius 2 is 1.40 bits per heavy atom. The Morgan fingerprint density at radius 3 is 1.67 bits per heavy atom. The van der Waals surface area contributed by atoms with E-state index in [-0.39, 0.29) is 5.78 Å². The molecule has 0 aliphatic carbocycles. The number of carbonyl (C=O) groups is 1. The van der Waals surface area contributed by atoms with Gasteiger partial charge in [-0.3, -0.25) is 4.79 Å². The average Bonchev–Trinajstić information content (AvgIpc) is 2.18. The van der Waals surface area contributed by atoms with Gasteiger partial charge in [0.2, 0.25) is 5.79 Å². The molecule has 0 saturated carbocycles. The van der Waals surface area contributed by atoms with Crippen LogP contribution >= 0.6 is 0 Å². The SMILES string of the molecule is COCCOC(C)(OCCOC)C(C)=O. The van der Waals surface area contributed by atoms with Crippen molar-refractivity contribution in [3.05, 3.63) is 0 Å². The molecule has 5 nitrogen and oxygen atoms in total. The Kier molecular flexibility index (Phi) is 7.50. The molecule has 0 fully saturated rings. The van der Waals surface area contributed by atoms with Crippen molar-refractivity contribution in [2.45, 2.75) is 19.6 Å². The zero-order valence-electron chi connectivity index (χ0n) is 9.87. The maximum absolute atomic E-state index is 11.3. The van der Waals surface area contributed by atoms with Gasteiger partial charge in [-0.1, -0.05) is 0 Å². The number of hydrogen-bond acceptors (Lipinski definition) is 5. The van der Waals surface area contributed by atoms with E-state index in [0.29, 0.717) is 26.4 Å². The van der Waals surface area contributed by atoms with Crippen LogP contribution in [0.1, 0.15) is 13.8 Å².